The molecule has 1 fully saturated rings. The van der Waals surface area contributed by atoms with Crippen LogP contribution in [0.2, 0.25) is 0 Å². The van der Waals surface area contributed by atoms with Crippen LogP contribution >= 0.6 is 0 Å². The number of fused-ring (bicyclic) bond motifs is 1. The highest BCUT2D eigenvalue weighted by Gasteiger charge is 2.29. The summed E-state index contributed by atoms with van der Waals surface area (Å²) in [5, 5.41) is 5.52. The molecular weight excluding hydrogens is 639 g/mol. The first-order valence-electron chi connectivity index (χ1n) is 14.5. The van der Waals surface area contributed by atoms with Crippen LogP contribution in [0.4, 0.5) is 9.59 Å². The normalized spacial score (nSPS) is 14.8. The second-order valence-electron chi connectivity index (χ2n) is 11.3. The maximum atomic E-state index is 12.6. The molecule has 0 bridgehead atoms. The number of pyridine rings is 1. The topological polar surface area (TPSA) is 112 Å². The van der Waals surface area contributed by atoms with Crippen molar-refractivity contribution in [3.63, 3.8) is 0 Å². The van der Waals surface area contributed by atoms with E-state index in [4.69, 9.17) is 14.2 Å². The van der Waals surface area contributed by atoms with Crippen molar-refractivity contribution in [2.24, 2.45) is 5.92 Å². The Morgan fingerprint density at radius 2 is 1.56 bits per heavy atom. The molecule has 3 heterocycles. The molecule has 1 saturated carbocycles. The predicted molar refractivity (Wildman–Crippen MR) is 148 cm³/mol. The van der Waals surface area contributed by atoms with E-state index < -0.39 is 12.2 Å². The average Bonchev–Trinajstić information content (AvgIpc) is 3.50. The van der Waals surface area contributed by atoms with Gasteiger partial charge in [-0.3, -0.25) is 4.79 Å². The Morgan fingerprint density at radius 1 is 0.927 bits per heavy atom. The predicted octanol–water partition coefficient (Wildman–Crippen LogP) is 1.74. The van der Waals surface area contributed by atoms with Crippen molar-refractivity contribution in [1.82, 2.24) is 15.2 Å². The molecule has 226 valence electrons. The average molecular weight is 683 g/mol. The molecule has 11 heteroatoms. The fourth-order valence-corrected chi connectivity index (χ4v) is 5.54. The van der Waals surface area contributed by atoms with E-state index in [-0.39, 0.29) is 67.9 Å². The van der Waals surface area contributed by atoms with Gasteiger partial charge in [-0.25, -0.2) is 9.59 Å². The third-order valence-electron chi connectivity index (χ3n) is 7.32. The molecule has 1 aliphatic carbocycles. The summed E-state index contributed by atoms with van der Waals surface area (Å²) in [7, 11) is 0. The molecule has 4 rings (SSSR count). The molecule has 2 aromatic rings. The van der Waals surface area contributed by atoms with Crippen molar-refractivity contribution in [3.05, 3.63) is 41.3 Å². The fourth-order valence-electron chi connectivity index (χ4n) is 5.54. The lowest BCUT2D eigenvalue weighted by molar-refractivity contribution is -0.727. The largest absolute Gasteiger partial charge is 1.00 e. The first-order valence-corrected chi connectivity index (χ1v) is 14.5. The molecule has 0 atom stereocenters. The lowest BCUT2D eigenvalue weighted by atomic mass is 9.89. The first-order chi connectivity index (χ1) is 19.2. The number of nitrogens with zero attached hydrogens (tertiary/aromatic N) is 2. The summed E-state index contributed by atoms with van der Waals surface area (Å²) < 4.78 is 21.0. The van der Waals surface area contributed by atoms with Gasteiger partial charge in [-0.15, -0.1) is 0 Å². The molecule has 0 saturated heterocycles. The Morgan fingerprint density at radius 3 is 2.20 bits per heavy atom. The van der Waals surface area contributed by atoms with E-state index in [1.165, 1.54) is 6.42 Å². The van der Waals surface area contributed by atoms with Crippen LogP contribution in [0.3, 0.4) is 0 Å². The van der Waals surface area contributed by atoms with Gasteiger partial charge in [0, 0.05) is 41.5 Å². The van der Waals surface area contributed by atoms with E-state index in [9.17, 15) is 14.4 Å². The van der Waals surface area contributed by atoms with Gasteiger partial charge >= 0.3 is 18.2 Å². The van der Waals surface area contributed by atoms with E-state index in [2.05, 4.69) is 15.2 Å². The number of ether oxygens (including phenoxy) is 3. The van der Waals surface area contributed by atoms with Crippen molar-refractivity contribution >= 4 is 18.2 Å². The number of rotatable bonds is 10. The van der Waals surface area contributed by atoms with Crippen molar-refractivity contribution in [3.8, 4) is 11.3 Å². The molecule has 2 amide bonds. The highest BCUT2D eigenvalue weighted by molar-refractivity contribution is 5.72. The third kappa shape index (κ3) is 8.83. The van der Waals surface area contributed by atoms with E-state index in [1.807, 2.05) is 56.8 Å². The van der Waals surface area contributed by atoms with Gasteiger partial charge < -0.3 is 53.4 Å². The summed E-state index contributed by atoms with van der Waals surface area (Å²) in [6.07, 6.45) is 9.76. The van der Waals surface area contributed by atoms with Gasteiger partial charge in [0.1, 0.15) is 13.2 Å². The Balaban J connectivity index is 0.00000462. The summed E-state index contributed by atoms with van der Waals surface area (Å²) >= 11 is 0. The molecule has 10 nitrogen and oxygen atoms in total. The van der Waals surface area contributed by atoms with Gasteiger partial charge in [-0.1, -0.05) is 19.3 Å². The number of alkyl carbamates (subject to hydrolysis) is 2. The zero-order chi connectivity index (χ0) is 28.6. The van der Waals surface area contributed by atoms with Gasteiger partial charge in [-0.05, 0) is 59.4 Å². The Bertz CT molecular complexity index is 1210. The second-order valence-corrected chi connectivity index (χ2v) is 11.3. The molecule has 2 aliphatic rings. The minimum Gasteiger partial charge on any atom is -1.00 e. The maximum absolute atomic E-state index is 12.6. The van der Waals surface area contributed by atoms with Crippen molar-refractivity contribution in [2.45, 2.75) is 111 Å². The van der Waals surface area contributed by atoms with E-state index in [0.29, 0.717) is 0 Å². The molecule has 1 aliphatic heterocycles. The minimum absolute atomic E-state index is 0. The van der Waals surface area contributed by atoms with Gasteiger partial charge in [-0.2, -0.15) is 4.57 Å². The number of esters is 1. The number of hydrogen-bond donors (Lipinski definition) is 2. The highest BCUT2D eigenvalue weighted by atomic mass is 127. The molecule has 41 heavy (non-hydrogen) atoms. The smallest absolute Gasteiger partial charge is 0.407 e. The van der Waals surface area contributed by atoms with Crippen molar-refractivity contribution in [1.29, 1.82) is 0 Å². The van der Waals surface area contributed by atoms with Gasteiger partial charge in [0.25, 0.3) is 6.73 Å². The van der Waals surface area contributed by atoms with Crippen molar-refractivity contribution in [2.75, 3.05) is 0 Å². The third-order valence-corrected chi connectivity index (χ3v) is 7.32. The zero-order valence-corrected chi connectivity index (χ0v) is 26.7. The molecular formula is C30H43IN4O6. The van der Waals surface area contributed by atoms with Crippen LogP contribution in [-0.2, 0) is 51.9 Å². The van der Waals surface area contributed by atoms with Crippen LogP contribution in [0.25, 0.3) is 11.3 Å². The number of amides is 2. The molecule has 0 radical (unpaired) electrons. The number of hydrogen-bond acceptors (Lipinski definition) is 6. The zero-order valence-electron chi connectivity index (χ0n) is 24.5. The number of carbonyl (C=O) groups excluding carboxylic acids is 3. The highest BCUT2D eigenvalue weighted by Crippen LogP contribution is 2.36. The number of halogens is 1. The van der Waals surface area contributed by atoms with Crippen LogP contribution in [0.5, 0.6) is 0 Å². The summed E-state index contributed by atoms with van der Waals surface area (Å²) in [5.74, 6) is -0.145. The lowest BCUT2D eigenvalue weighted by Crippen LogP contribution is -3.00. The number of nitrogens with one attached hydrogen (secondary N) is 2. The molecule has 2 aromatic heterocycles. The van der Waals surface area contributed by atoms with E-state index >= 15 is 0 Å². The SMILES string of the molecule is CC(C)NC(=O)OCc1c(COC(=O)NC(C)C)c(-c2ccc[n+](COC(=O)C3CCCCC3)c2)n2c1CCC2.[I-]. The minimum atomic E-state index is -0.505. The summed E-state index contributed by atoms with van der Waals surface area (Å²) in [5.41, 5.74) is 4.57. The Labute approximate surface area is 259 Å². The maximum Gasteiger partial charge on any atom is 0.407 e. The Kier molecular flexibility index (Phi) is 12.3. The number of aromatic nitrogens is 2. The molecule has 0 aromatic carbocycles. The van der Waals surface area contributed by atoms with E-state index in [0.717, 1.165) is 73.1 Å². The van der Waals surface area contributed by atoms with Crippen LogP contribution in [0, 0.1) is 5.92 Å². The van der Waals surface area contributed by atoms with Gasteiger partial charge in [0.2, 0.25) is 0 Å². The molecule has 2 N–H and O–H groups in total. The second kappa shape index (κ2) is 15.4. The van der Waals surface area contributed by atoms with E-state index in [1.54, 1.807) is 0 Å². The Hall–Kier alpha value is -2.83. The standard InChI is InChI=1S/C30H42N4O6.HI/c1-20(2)31-29(36)38-17-24-25(18-39-30(37)32-21(3)4)27(34-15-9-13-26(24)34)23-12-8-14-33(16-23)19-40-28(35)22-10-6-5-7-11-22;/h8,12,14,16,20-22H,5-7,9-11,13,15,17-19H2,1-4H3,(H-,31,32,36,37);1H. The fraction of sp³-hybridized carbons (Fsp3) is 0.600. The molecule has 0 spiro atoms. The molecule has 0 unspecified atom stereocenters. The van der Waals surface area contributed by atoms with Crippen LogP contribution < -0.4 is 39.2 Å². The quantitative estimate of drug-likeness (QED) is 0.171. The van der Waals surface area contributed by atoms with Crippen molar-refractivity contribution < 1.29 is 57.1 Å². The monoisotopic (exact) mass is 682 g/mol. The summed E-state index contributed by atoms with van der Waals surface area (Å²) in [4.78, 5) is 37.3. The first kappa shape index (κ1) is 32.7. The summed E-state index contributed by atoms with van der Waals surface area (Å²) in [6.45, 7) is 8.53. The van der Waals surface area contributed by atoms with Crippen LogP contribution in [0.1, 0.15) is 83.0 Å². The van der Waals surface area contributed by atoms with Crippen LogP contribution in [0.15, 0.2) is 24.5 Å². The van der Waals surface area contributed by atoms with Gasteiger partial charge in [0.05, 0.1) is 17.2 Å². The van der Waals surface area contributed by atoms with Gasteiger partial charge in [0.15, 0.2) is 12.4 Å². The number of carbonyl (C=O) groups is 3. The lowest BCUT2D eigenvalue weighted by Gasteiger charge is -2.19. The van der Waals surface area contributed by atoms with Crippen LogP contribution in [-0.4, -0.2) is 34.8 Å². The summed E-state index contributed by atoms with van der Waals surface area (Å²) in [6, 6.07) is 3.81.